The number of carboxylic acids is 1. The second kappa shape index (κ2) is 6.90. The summed E-state index contributed by atoms with van der Waals surface area (Å²) < 4.78 is 5.65. The quantitative estimate of drug-likeness (QED) is 0.763. The van der Waals surface area contributed by atoms with Crippen LogP contribution in [0.3, 0.4) is 0 Å². The number of ether oxygens (including phenoxy) is 1. The monoisotopic (exact) mass is 288 g/mol. The van der Waals surface area contributed by atoms with E-state index in [2.05, 4.69) is 0 Å². The van der Waals surface area contributed by atoms with Crippen molar-refractivity contribution < 1.29 is 24.5 Å². The van der Waals surface area contributed by atoms with Crippen molar-refractivity contribution in [2.75, 3.05) is 32.8 Å². The first kappa shape index (κ1) is 16.7. The molecule has 7 nitrogen and oxygen atoms in total. The zero-order chi connectivity index (χ0) is 15.3. The molecule has 1 atom stereocenters. The van der Waals surface area contributed by atoms with Crippen LogP contribution in [0, 0.1) is 0 Å². The Morgan fingerprint density at radius 2 is 2.10 bits per heavy atom. The number of aliphatic hydroxyl groups is 1. The number of carbonyl (C=O) groups excluding carboxylic acids is 1. The van der Waals surface area contributed by atoms with Gasteiger partial charge in [0.15, 0.2) is 0 Å². The van der Waals surface area contributed by atoms with Gasteiger partial charge in [0.1, 0.15) is 6.54 Å². The maximum absolute atomic E-state index is 12.4. The van der Waals surface area contributed by atoms with Crippen molar-refractivity contribution in [1.82, 2.24) is 9.80 Å². The summed E-state index contributed by atoms with van der Waals surface area (Å²) in [6, 6.07) is -0.316. The van der Waals surface area contributed by atoms with Gasteiger partial charge >= 0.3 is 12.0 Å². The molecule has 0 saturated carbocycles. The van der Waals surface area contributed by atoms with Crippen LogP contribution in [-0.4, -0.2) is 76.5 Å². The summed E-state index contributed by atoms with van der Waals surface area (Å²) in [5.41, 5.74) is -0.553. The summed E-state index contributed by atoms with van der Waals surface area (Å²) in [7, 11) is 0. The van der Waals surface area contributed by atoms with E-state index < -0.39 is 17.7 Å². The molecule has 1 fully saturated rings. The number of aliphatic hydroxyl groups excluding tert-OH is 1. The second-order valence-corrected chi connectivity index (χ2v) is 5.66. The SMILES string of the molecule is CCCN(CC(=O)O)C(=O)N1CC(CO)OC(C)(C)C1. The first-order valence-electron chi connectivity index (χ1n) is 6.83. The molecule has 1 rings (SSSR count). The lowest BCUT2D eigenvalue weighted by Gasteiger charge is -2.43. The molecule has 116 valence electrons. The Kier molecular flexibility index (Phi) is 5.76. The van der Waals surface area contributed by atoms with Crippen molar-refractivity contribution in [3.8, 4) is 0 Å². The lowest BCUT2D eigenvalue weighted by atomic mass is 10.1. The number of aliphatic carboxylic acids is 1. The predicted molar refractivity (Wildman–Crippen MR) is 72.5 cm³/mol. The molecule has 7 heteroatoms. The Bertz CT molecular complexity index is 359. The van der Waals surface area contributed by atoms with E-state index in [1.807, 2.05) is 20.8 Å². The van der Waals surface area contributed by atoms with Crippen LogP contribution < -0.4 is 0 Å². The molecule has 1 unspecified atom stereocenters. The second-order valence-electron chi connectivity index (χ2n) is 5.66. The Morgan fingerprint density at radius 3 is 2.60 bits per heavy atom. The van der Waals surface area contributed by atoms with Crippen molar-refractivity contribution in [2.24, 2.45) is 0 Å². The first-order chi connectivity index (χ1) is 9.29. The fraction of sp³-hybridized carbons (Fsp3) is 0.846. The molecule has 0 aromatic carbocycles. The number of rotatable bonds is 5. The molecule has 20 heavy (non-hydrogen) atoms. The van der Waals surface area contributed by atoms with Gasteiger partial charge in [-0.2, -0.15) is 0 Å². The number of morpholine rings is 1. The van der Waals surface area contributed by atoms with E-state index in [0.717, 1.165) is 0 Å². The molecule has 0 radical (unpaired) electrons. The van der Waals surface area contributed by atoms with Crippen LogP contribution in [0.15, 0.2) is 0 Å². The Hall–Kier alpha value is -1.34. The third kappa shape index (κ3) is 4.64. The van der Waals surface area contributed by atoms with Crippen LogP contribution >= 0.6 is 0 Å². The van der Waals surface area contributed by atoms with Crippen LogP contribution in [0.1, 0.15) is 27.2 Å². The maximum atomic E-state index is 12.4. The molecule has 0 spiro atoms. The largest absolute Gasteiger partial charge is 0.480 e. The van der Waals surface area contributed by atoms with E-state index in [1.165, 1.54) is 4.90 Å². The smallest absolute Gasteiger partial charge is 0.323 e. The highest BCUT2D eigenvalue weighted by Gasteiger charge is 2.37. The minimum absolute atomic E-state index is 0.167. The first-order valence-corrected chi connectivity index (χ1v) is 6.83. The van der Waals surface area contributed by atoms with Gasteiger partial charge < -0.3 is 24.7 Å². The molecule has 1 heterocycles. The van der Waals surface area contributed by atoms with Crippen LogP contribution in [0.4, 0.5) is 4.79 Å². The zero-order valence-corrected chi connectivity index (χ0v) is 12.3. The average molecular weight is 288 g/mol. The van der Waals surface area contributed by atoms with Gasteiger partial charge in [0, 0.05) is 6.54 Å². The van der Waals surface area contributed by atoms with Crippen molar-refractivity contribution in [3.05, 3.63) is 0 Å². The van der Waals surface area contributed by atoms with E-state index in [0.29, 0.717) is 19.5 Å². The molecule has 0 aromatic heterocycles. The minimum atomic E-state index is -1.03. The van der Waals surface area contributed by atoms with Gasteiger partial charge in [-0.05, 0) is 20.3 Å². The molecule has 0 aliphatic carbocycles. The number of carboxylic acid groups (broad SMARTS) is 1. The molecule has 1 aliphatic heterocycles. The Balaban J connectivity index is 2.78. The molecular weight excluding hydrogens is 264 g/mol. The highest BCUT2D eigenvalue weighted by molar-refractivity contribution is 5.80. The lowest BCUT2D eigenvalue weighted by molar-refractivity contribution is -0.142. The number of hydrogen-bond acceptors (Lipinski definition) is 4. The van der Waals surface area contributed by atoms with Crippen LogP contribution in [0.25, 0.3) is 0 Å². The molecule has 2 N–H and O–H groups in total. The molecule has 0 aromatic rings. The van der Waals surface area contributed by atoms with Crippen LogP contribution in [0.2, 0.25) is 0 Å². The summed E-state index contributed by atoms with van der Waals surface area (Å²) >= 11 is 0. The summed E-state index contributed by atoms with van der Waals surface area (Å²) in [6.07, 6.45) is 0.256. The molecule has 1 saturated heterocycles. The normalized spacial score (nSPS) is 21.6. The average Bonchev–Trinajstić information content (AvgIpc) is 2.34. The molecule has 2 amide bonds. The van der Waals surface area contributed by atoms with Crippen LogP contribution in [0.5, 0.6) is 0 Å². The van der Waals surface area contributed by atoms with Crippen molar-refractivity contribution >= 4 is 12.0 Å². The minimum Gasteiger partial charge on any atom is -0.480 e. The van der Waals surface area contributed by atoms with Gasteiger partial charge in [-0.25, -0.2) is 4.79 Å². The standard InChI is InChI=1S/C13H24N2O5/c1-4-5-14(7-11(17)18)12(19)15-6-10(8-16)20-13(2,3)9-15/h10,16H,4-9H2,1-3H3,(H,17,18). The van der Waals surface area contributed by atoms with Crippen molar-refractivity contribution in [1.29, 1.82) is 0 Å². The lowest BCUT2D eigenvalue weighted by Crippen LogP contribution is -2.58. The predicted octanol–water partition coefficient (Wildman–Crippen LogP) is 0.375. The molecule has 0 bridgehead atoms. The zero-order valence-electron chi connectivity index (χ0n) is 12.3. The number of nitrogens with zero attached hydrogens (tertiary/aromatic N) is 2. The van der Waals surface area contributed by atoms with E-state index in [-0.39, 0.29) is 25.7 Å². The van der Waals surface area contributed by atoms with Gasteiger partial charge in [0.05, 0.1) is 31.4 Å². The third-order valence-electron chi connectivity index (χ3n) is 3.05. The summed E-state index contributed by atoms with van der Waals surface area (Å²) in [6.45, 7) is 6.15. The highest BCUT2D eigenvalue weighted by Crippen LogP contribution is 2.21. The number of urea groups is 1. The van der Waals surface area contributed by atoms with Gasteiger partial charge in [-0.3, -0.25) is 4.79 Å². The maximum Gasteiger partial charge on any atom is 0.323 e. The van der Waals surface area contributed by atoms with E-state index in [9.17, 15) is 14.7 Å². The fourth-order valence-electron chi connectivity index (χ4n) is 2.41. The van der Waals surface area contributed by atoms with E-state index >= 15 is 0 Å². The topological polar surface area (TPSA) is 90.3 Å². The molecular formula is C13H24N2O5. The summed E-state index contributed by atoms with van der Waals surface area (Å²) in [5.74, 6) is -1.03. The van der Waals surface area contributed by atoms with Crippen LogP contribution in [-0.2, 0) is 9.53 Å². The van der Waals surface area contributed by atoms with Crippen molar-refractivity contribution in [2.45, 2.75) is 38.9 Å². The number of hydrogen-bond donors (Lipinski definition) is 2. The molecule has 1 aliphatic rings. The van der Waals surface area contributed by atoms with Gasteiger partial charge in [0.2, 0.25) is 0 Å². The van der Waals surface area contributed by atoms with E-state index in [1.54, 1.807) is 4.90 Å². The summed E-state index contributed by atoms with van der Waals surface area (Å²) in [5, 5.41) is 18.1. The fourth-order valence-corrected chi connectivity index (χ4v) is 2.41. The van der Waals surface area contributed by atoms with E-state index in [4.69, 9.17) is 9.84 Å². The third-order valence-corrected chi connectivity index (χ3v) is 3.05. The number of amides is 2. The van der Waals surface area contributed by atoms with Crippen molar-refractivity contribution in [3.63, 3.8) is 0 Å². The van der Waals surface area contributed by atoms with Gasteiger partial charge in [-0.15, -0.1) is 0 Å². The number of carbonyl (C=O) groups is 2. The van der Waals surface area contributed by atoms with Gasteiger partial charge in [0.25, 0.3) is 0 Å². The van der Waals surface area contributed by atoms with Gasteiger partial charge in [-0.1, -0.05) is 6.92 Å². The highest BCUT2D eigenvalue weighted by atomic mass is 16.5. The Labute approximate surface area is 119 Å². The Morgan fingerprint density at radius 1 is 1.45 bits per heavy atom. The summed E-state index contributed by atoms with van der Waals surface area (Å²) in [4.78, 5) is 26.1.